The molecule has 0 bridgehead atoms. The fraction of sp³-hybridized carbons (Fsp3) is 0.500. The zero-order valence-electron chi connectivity index (χ0n) is 12.1. The van der Waals surface area contributed by atoms with Gasteiger partial charge in [0, 0.05) is 17.5 Å². The number of nitriles is 1. The first-order chi connectivity index (χ1) is 9.56. The van der Waals surface area contributed by atoms with Crippen LogP contribution in [0.15, 0.2) is 6.07 Å². The van der Waals surface area contributed by atoms with Crippen LogP contribution in [0, 0.1) is 11.3 Å². The van der Waals surface area contributed by atoms with Gasteiger partial charge in [-0.05, 0) is 26.3 Å². The Kier molecular flexibility index (Phi) is 4.40. The Bertz CT molecular complexity index is 641. The normalized spacial score (nSPS) is 10.9. The number of hydrogen-bond donors (Lipinski definition) is 1. The molecule has 20 heavy (non-hydrogen) atoms. The van der Waals surface area contributed by atoms with E-state index in [9.17, 15) is 0 Å². The van der Waals surface area contributed by atoms with Gasteiger partial charge in [-0.15, -0.1) is 11.3 Å². The maximum absolute atomic E-state index is 8.82. The van der Waals surface area contributed by atoms with Gasteiger partial charge in [0.1, 0.15) is 10.6 Å². The van der Waals surface area contributed by atoms with Crippen LogP contribution in [0.1, 0.15) is 32.1 Å². The molecule has 6 heteroatoms. The van der Waals surface area contributed by atoms with Crippen LogP contribution < -0.4 is 10.6 Å². The number of nitrogens with two attached hydrogens (primary N) is 1. The van der Waals surface area contributed by atoms with E-state index >= 15 is 0 Å². The second-order valence-electron chi connectivity index (χ2n) is 4.89. The maximum atomic E-state index is 8.82. The van der Waals surface area contributed by atoms with E-state index in [4.69, 9.17) is 11.0 Å². The summed E-state index contributed by atoms with van der Waals surface area (Å²) in [5, 5.41) is 9.86. The largest absolute Gasteiger partial charge is 0.368 e. The highest BCUT2D eigenvalue weighted by Gasteiger charge is 2.18. The Hall–Kier alpha value is -1.87. The van der Waals surface area contributed by atoms with Crippen molar-refractivity contribution >= 4 is 33.3 Å². The Balaban J connectivity index is 2.55. The molecule has 0 unspecified atom stereocenters. The summed E-state index contributed by atoms with van der Waals surface area (Å²) >= 11 is 1.66. The lowest BCUT2D eigenvalue weighted by molar-refractivity contribution is 0.680. The summed E-state index contributed by atoms with van der Waals surface area (Å²) in [4.78, 5) is 13.0. The van der Waals surface area contributed by atoms with E-state index in [0.717, 1.165) is 22.5 Å². The molecular formula is C14H19N5S. The summed E-state index contributed by atoms with van der Waals surface area (Å²) < 4.78 is 0. The Morgan fingerprint density at radius 3 is 2.80 bits per heavy atom. The first kappa shape index (κ1) is 14.5. The van der Waals surface area contributed by atoms with Crippen LogP contribution in [0.2, 0.25) is 0 Å². The molecule has 0 fully saturated rings. The van der Waals surface area contributed by atoms with Crippen LogP contribution in [0.5, 0.6) is 0 Å². The third-order valence-electron chi connectivity index (χ3n) is 3.15. The van der Waals surface area contributed by atoms with Crippen molar-refractivity contribution in [3.63, 3.8) is 0 Å². The molecule has 0 aromatic carbocycles. The molecule has 2 rings (SSSR count). The minimum atomic E-state index is 0.255. The maximum Gasteiger partial charge on any atom is 0.223 e. The Morgan fingerprint density at radius 2 is 2.20 bits per heavy atom. The molecule has 0 radical (unpaired) electrons. The third kappa shape index (κ3) is 2.83. The molecule has 0 saturated heterocycles. The van der Waals surface area contributed by atoms with Crippen molar-refractivity contribution in [1.29, 1.82) is 5.26 Å². The summed E-state index contributed by atoms with van der Waals surface area (Å²) in [6.07, 6.45) is 1.44. The fourth-order valence-electron chi connectivity index (χ4n) is 2.14. The number of nitrogens with zero attached hydrogens (tertiary/aromatic N) is 4. The van der Waals surface area contributed by atoms with Gasteiger partial charge in [-0.2, -0.15) is 10.2 Å². The molecule has 106 valence electrons. The SMILES string of the molecule is CCc1cc2c(N(CCC#N)C(C)C)nc(N)nc2s1. The summed E-state index contributed by atoms with van der Waals surface area (Å²) in [6.45, 7) is 6.96. The topological polar surface area (TPSA) is 78.8 Å². The zero-order valence-corrected chi connectivity index (χ0v) is 12.9. The van der Waals surface area contributed by atoms with E-state index in [1.54, 1.807) is 11.3 Å². The second-order valence-corrected chi connectivity index (χ2v) is 6.00. The Labute approximate surface area is 123 Å². The number of anilines is 2. The van der Waals surface area contributed by atoms with Gasteiger partial charge in [0.2, 0.25) is 5.95 Å². The van der Waals surface area contributed by atoms with Crippen LogP contribution in [0.3, 0.4) is 0 Å². The molecule has 0 aliphatic rings. The molecule has 0 amide bonds. The highest BCUT2D eigenvalue weighted by atomic mass is 32.1. The van der Waals surface area contributed by atoms with E-state index in [0.29, 0.717) is 18.9 Å². The lowest BCUT2D eigenvalue weighted by Gasteiger charge is -2.27. The van der Waals surface area contributed by atoms with E-state index < -0.39 is 0 Å². The van der Waals surface area contributed by atoms with Crippen molar-refractivity contribution in [1.82, 2.24) is 9.97 Å². The first-order valence-corrected chi connectivity index (χ1v) is 7.58. The average Bonchev–Trinajstić information content (AvgIpc) is 2.81. The summed E-state index contributed by atoms with van der Waals surface area (Å²) in [5.74, 6) is 1.13. The molecule has 0 saturated carbocycles. The van der Waals surface area contributed by atoms with Crippen LogP contribution in [-0.2, 0) is 6.42 Å². The highest BCUT2D eigenvalue weighted by molar-refractivity contribution is 7.18. The predicted octanol–water partition coefficient (Wildman–Crippen LogP) is 2.96. The Morgan fingerprint density at radius 1 is 1.45 bits per heavy atom. The van der Waals surface area contributed by atoms with Crippen molar-refractivity contribution in [2.75, 3.05) is 17.2 Å². The minimum Gasteiger partial charge on any atom is -0.368 e. The molecule has 0 spiro atoms. The second kappa shape index (κ2) is 6.06. The van der Waals surface area contributed by atoms with Crippen molar-refractivity contribution in [2.45, 2.75) is 39.7 Å². The highest BCUT2D eigenvalue weighted by Crippen LogP contribution is 2.32. The molecule has 2 heterocycles. The van der Waals surface area contributed by atoms with Gasteiger partial charge >= 0.3 is 0 Å². The molecule has 0 aliphatic carbocycles. The lowest BCUT2D eigenvalue weighted by Crippen LogP contribution is -2.32. The molecule has 0 aliphatic heterocycles. The van der Waals surface area contributed by atoms with Crippen molar-refractivity contribution in [2.24, 2.45) is 0 Å². The molecule has 2 N–H and O–H groups in total. The standard InChI is InChI=1S/C14H19N5S/c1-4-10-8-11-12(17-14(16)18-13(11)20-10)19(9(2)3)7-5-6-15/h8-9H,4-5,7H2,1-3H3,(H2,16,17,18). The number of fused-ring (bicyclic) bond motifs is 1. The number of thiophene rings is 1. The average molecular weight is 289 g/mol. The van der Waals surface area contributed by atoms with Crippen LogP contribution in [-0.4, -0.2) is 22.6 Å². The van der Waals surface area contributed by atoms with E-state index in [-0.39, 0.29) is 6.04 Å². The van der Waals surface area contributed by atoms with Gasteiger partial charge in [0.15, 0.2) is 0 Å². The van der Waals surface area contributed by atoms with Crippen LogP contribution in [0.4, 0.5) is 11.8 Å². The van der Waals surface area contributed by atoms with Gasteiger partial charge in [-0.25, -0.2) is 4.98 Å². The van der Waals surface area contributed by atoms with Gasteiger partial charge in [0.25, 0.3) is 0 Å². The summed E-state index contributed by atoms with van der Waals surface area (Å²) in [6, 6.07) is 4.58. The van der Waals surface area contributed by atoms with Crippen molar-refractivity contribution in [3.8, 4) is 6.07 Å². The third-order valence-corrected chi connectivity index (χ3v) is 4.32. The van der Waals surface area contributed by atoms with Gasteiger partial charge in [-0.3, -0.25) is 0 Å². The van der Waals surface area contributed by atoms with Gasteiger partial charge in [0.05, 0.1) is 17.9 Å². The zero-order chi connectivity index (χ0) is 14.7. The van der Waals surface area contributed by atoms with Crippen LogP contribution in [0.25, 0.3) is 10.2 Å². The number of hydrogen-bond acceptors (Lipinski definition) is 6. The van der Waals surface area contributed by atoms with Gasteiger partial charge < -0.3 is 10.6 Å². The molecule has 2 aromatic heterocycles. The summed E-state index contributed by atoms with van der Waals surface area (Å²) in [7, 11) is 0. The lowest BCUT2D eigenvalue weighted by atomic mass is 10.2. The first-order valence-electron chi connectivity index (χ1n) is 6.76. The molecule has 0 atom stereocenters. The van der Waals surface area contributed by atoms with Crippen molar-refractivity contribution < 1.29 is 0 Å². The predicted molar refractivity (Wildman–Crippen MR) is 83.9 cm³/mol. The summed E-state index contributed by atoms with van der Waals surface area (Å²) in [5.41, 5.74) is 5.83. The fourth-order valence-corrected chi connectivity index (χ4v) is 3.11. The van der Waals surface area contributed by atoms with Gasteiger partial charge in [-0.1, -0.05) is 6.92 Å². The van der Waals surface area contributed by atoms with Crippen molar-refractivity contribution in [3.05, 3.63) is 10.9 Å². The smallest absolute Gasteiger partial charge is 0.223 e. The number of rotatable bonds is 5. The van der Waals surface area contributed by atoms with E-state index in [1.807, 2.05) is 0 Å². The number of aryl methyl sites for hydroxylation is 1. The van der Waals surface area contributed by atoms with Crippen LogP contribution >= 0.6 is 11.3 Å². The molecular weight excluding hydrogens is 270 g/mol. The van der Waals surface area contributed by atoms with E-state index in [1.165, 1.54) is 4.88 Å². The number of nitrogen functional groups attached to an aromatic ring is 1. The minimum absolute atomic E-state index is 0.255. The molecule has 5 nitrogen and oxygen atoms in total. The van der Waals surface area contributed by atoms with E-state index in [2.05, 4.69) is 47.8 Å². The quantitative estimate of drug-likeness (QED) is 0.915. The molecule has 2 aromatic rings. The monoisotopic (exact) mass is 289 g/mol. The number of aromatic nitrogens is 2.